The van der Waals surface area contributed by atoms with Crippen molar-refractivity contribution in [2.75, 3.05) is 11.1 Å². The minimum atomic E-state index is -4.83. The van der Waals surface area contributed by atoms with Gasteiger partial charge < -0.3 is 9.88 Å². The van der Waals surface area contributed by atoms with Crippen LogP contribution in [-0.4, -0.2) is 40.6 Å². The highest BCUT2D eigenvalue weighted by atomic mass is 32.2. The van der Waals surface area contributed by atoms with E-state index in [0.29, 0.717) is 11.0 Å². The molecule has 7 nitrogen and oxygen atoms in total. The van der Waals surface area contributed by atoms with E-state index in [0.717, 1.165) is 22.7 Å². The molecule has 3 aromatic rings. The van der Waals surface area contributed by atoms with Gasteiger partial charge in [-0.2, -0.15) is 8.78 Å². The molecular weight excluding hydrogens is 430 g/mol. The van der Waals surface area contributed by atoms with Crippen molar-refractivity contribution in [2.24, 2.45) is 7.05 Å². The van der Waals surface area contributed by atoms with Gasteiger partial charge in [-0.05, 0) is 23.6 Å². The van der Waals surface area contributed by atoms with E-state index in [4.69, 9.17) is 0 Å². The predicted molar refractivity (Wildman–Crippen MR) is 103 cm³/mol. The molecular formula is C16H14F2N4O3S3. The van der Waals surface area contributed by atoms with Crippen LogP contribution in [0.2, 0.25) is 0 Å². The maximum atomic E-state index is 12.8. The fourth-order valence-electron chi connectivity index (χ4n) is 2.29. The molecule has 0 fully saturated rings. The number of rotatable bonds is 7. The molecule has 12 heteroatoms. The van der Waals surface area contributed by atoms with Crippen molar-refractivity contribution < 1.29 is 22.0 Å². The molecule has 0 atom stereocenters. The smallest absolute Gasteiger partial charge is 0.324 e. The Hall–Kier alpha value is -2.31. The second kappa shape index (κ2) is 8.37. The number of anilines is 1. The van der Waals surface area contributed by atoms with E-state index < -0.39 is 26.4 Å². The van der Waals surface area contributed by atoms with Crippen molar-refractivity contribution in [3.05, 3.63) is 41.8 Å². The Labute approximate surface area is 167 Å². The van der Waals surface area contributed by atoms with Crippen molar-refractivity contribution in [2.45, 2.75) is 15.8 Å². The van der Waals surface area contributed by atoms with E-state index in [1.807, 2.05) is 17.5 Å². The Bertz CT molecular complexity index is 1080. The molecule has 0 unspecified atom stereocenters. The predicted octanol–water partition coefficient (Wildman–Crippen LogP) is 3.27. The number of thiophene rings is 1. The second-order valence-electron chi connectivity index (χ2n) is 5.48. The summed E-state index contributed by atoms with van der Waals surface area (Å²) >= 11 is 2.60. The molecule has 2 aromatic heterocycles. The van der Waals surface area contributed by atoms with Gasteiger partial charge in [0.25, 0.3) is 0 Å². The number of para-hydroxylation sites is 1. The van der Waals surface area contributed by atoms with Crippen molar-refractivity contribution in [1.29, 1.82) is 0 Å². The lowest BCUT2D eigenvalue weighted by molar-refractivity contribution is -0.113. The van der Waals surface area contributed by atoms with Crippen LogP contribution >= 0.6 is 23.1 Å². The van der Waals surface area contributed by atoms with Crippen LogP contribution in [0, 0.1) is 0 Å². The molecule has 0 saturated heterocycles. The molecule has 0 bridgehead atoms. The monoisotopic (exact) mass is 444 g/mol. The number of sulfone groups is 1. The molecule has 1 amide bonds. The highest BCUT2D eigenvalue weighted by molar-refractivity contribution is 7.99. The SMILES string of the molecule is Cn1c(SCC(=O)Nc2ccccc2S(=O)(=O)C(F)F)nnc1-c1cccs1. The number of nitrogens with zero attached hydrogens (tertiary/aromatic N) is 3. The quantitative estimate of drug-likeness (QED) is 0.562. The first-order chi connectivity index (χ1) is 13.3. The lowest BCUT2D eigenvalue weighted by Crippen LogP contribution is -2.19. The van der Waals surface area contributed by atoms with Gasteiger partial charge in [0.05, 0.1) is 21.2 Å². The van der Waals surface area contributed by atoms with Crippen LogP contribution in [0.1, 0.15) is 0 Å². The Kier molecular flexibility index (Phi) is 6.10. The van der Waals surface area contributed by atoms with E-state index in [1.54, 1.807) is 11.6 Å². The third kappa shape index (κ3) is 4.23. The number of hydrogen-bond acceptors (Lipinski definition) is 7. The fraction of sp³-hybridized carbons (Fsp3) is 0.188. The van der Waals surface area contributed by atoms with Crippen LogP contribution in [0.3, 0.4) is 0 Å². The fourth-order valence-corrected chi connectivity index (χ4v) is 4.63. The summed E-state index contributed by atoms with van der Waals surface area (Å²) in [6.45, 7) is 0. The minimum absolute atomic E-state index is 0.0977. The van der Waals surface area contributed by atoms with Crippen molar-refractivity contribution in [3.8, 4) is 10.7 Å². The molecule has 2 heterocycles. The van der Waals surface area contributed by atoms with E-state index in [2.05, 4.69) is 15.5 Å². The van der Waals surface area contributed by atoms with Gasteiger partial charge in [0.2, 0.25) is 15.7 Å². The van der Waals surface area contributed by atoms with Gasteiger partial charge in [-0.25, -0.2) is 8.42 Å². The second-order valence-corrected chi connectivity index (χ2v) is 9.26. The maximum Gasteiger partial charge on any atom is 0.341 e. The normalized spacial score (nSPS) is 11.7. The number of benzene rings is 1. The standard InChI is InChI=1S/C16H14F2N4O3S3/c1-22-14(11-6-4-8-26-11)20-21-16(22)27-9-13(23)19-10-5-2-3-7-12(10)28(24,25)15(17)18/h2-8,15H,9H2,1H3,(H,19,23). The van der Waals surface area contributed by atoms with E-state index in [1.165, 1.54) is 29.5 Å². The molecule has 28 heavy (non-hydrogen) atoms. The number of nitrogens with one attached hydrogen (secondary N) is 1. The summed E-state index contributed by atoms with van der Waals surface area (Å²) in [6.07, 6.45) is 0. The number of hydrogen-bond donors (Lipinski definition) is 1. The van der Waals surface area contributed by atoms with Gasteiger partial charge in [0.15, 0.2) is 11.0 Å². The zero-order chi connectivity index (χ0) is 20.3. The van der Waals surface area contributed by atoms with Crippen molar-refractivity contribution >= 4 is 44.5 Å². The van der Waals surface area contributed by atoms with Crippen LogP contribution in [-0.2, 0) is 21.7 Å². The minimum Gasteiger partial charge on any atom is -0.324 e. The number of alkyl halides is 2. The third-order valence-electron chi connectivity index (χ3n) is 3.61. The van der Waals surface area contributed by atoms with Crippen LogP contribution in [0.25, 0.3) is 10.7 Å². The van der Waals surface area contributed by atoms with Crippen LogP contribution in [0.15, 0.2) is 51.8 Å². The van der Waals surface area contributed by atoms with E-state index in [9.17, 15) is 22.0 Å². The first-order valence-electron chi connectivity index (χ1n) is 7.77. The topological polar surface area (TPSA) is 94.0 Å². The summed E-state index contributed by atoms with van der Waals surface area (Å²) in [5.74, 6) is -3.57. The molecule has 0 aliphatic rings. The largest absolute Gasteiger partial charge is 0.341 e. The first-order valence-corrected chi connectivity index (χ1v) is 11.2. The van der Waals surface area contributed by atoms with E-state index in [-0.39, 0.29) is 11.4 Å². The Morgan fingerprint density at radius 2 is 2.00 bits per heavy atom. The lowest BCUT2D eigenvalue weighted by Gasteiger charge is -2.11. The molecule has 1 N–H and O–H groups in total. The third-order valence-corrected chi connectivity index (χ3v) is 6.94. The highest BCUT2D eigenvalue weighted by Gasteiger charge is 2.29. The summed E-state index contributed by atoms with van der Waals surface area (Å²) in [6, 6.07) is 8.83. The molecule has 0 spiro atoms. The van der Waals surface area contributed by atoms with Crippen molar-refractivity contribution in [1.82, 2.24) is 14.8 Å². The summed E-state index contributed by atoms with van der Waals surface area (Å²) in [5.41, 5.74) is -0.189. The van der Waals surface area contributed by atoms with Crippen LogP contribution in [0.5, 0.6) is 0 Å². The number of halogens is 2. The van der Waals surface area contributed by atoms with Gasteiger partial charge in [-0.3, -0.25) is 4.79 Å². The van der Waals surface area contributed by atoms with Crippen LogP contribution in [0.4, 0.5) is 14.5 Å². The molecule has 0 aliphatic heterocycles. The highest BCUT2D eigenvalue weighted by Crippen LogP contribution is 2.28. The number of carbonyl (C=O) groups is 1. The van der Waals surface area contributed by atoms with E-state index >= 15 is 0 Å². The van der Waals surface area contributed by atoms with Gasteiger partial charge in [0, 0.05) is 7.05 Å². The number of thioether (sulfide) groups is 1. The maximum absolute atomic E-state index is 12.8. The molecule has 148 valence electrons. The summed E-state index contributed by atoms with van der Waals surface area (Å²) in [7, 11) is -3.07. The number of aromatic nitrogens is 3. The molecule has 0 aliphatic carbocycles. The Balaban J connectivity index is 1.70. The number of carbonyl (C=O) groups excluding carboxylic acids is 1. The lowest BCUT2D eigenvalue weighted by atomic mass is 10.3. The molecule has 3 rings (SSSR count). The average Bonchev–Trinajstić information content (AvgIpc) is 3.30. The Morgan fingerprint density at radius 3 is 2.68 bits per heavy atom. The van der Waals surface area contributed by atoms with Gasteiger partial charge in [-0.1, -0.05) is 30.0 Å². The van der Waals surface area contributed by atoms with Crippen LogP contribution < -0.4 is 5.32 Å². The summed E-state index contributed by atoms with van der Waals surface area (Å²) < 4.78 is 50.9. The first kappa shape index (κ1) is 20.4. The van der Waals surface area contributed by atoms with Gasteiger partial charge in [-0.15, -0.1) is 21.5 Å². The molecule has 0 radical (unpaired) electrons. The summed E-state index contributed by atoms with van der Waals surface area (Å²) in [5, 5.41) is 12.9. The molecule has 0 saturated carbocycles. The molecule has 1 aromatic carbocycles. The Morgan fingerprint density at radius 1 is 1.25 bits per heavy atom. The van der Waals surface area contributed by atoms with Gasteiger partial charge >= 0.3 is 5.76 Å². The van der Waals surface area contributed by atoms with Gasteiger partial charge in [0.1, 0.15) is 0 Å². The summed E-state index contributed by atoms with van der Waals surface area (Å²) in [4.78, 5) is 12.5. The van der Waals surface area contributed by atoms with Crippen molar-refractivity contribution in [3.63, 3.8) is 0 Å². The zero-order valence-corrected chi connectivity index (χ0v) is 16.8. The average molecular weight is 445 g/mol. The number of amides is 1. The zero-order valence-electron chi connectivity index (χ0n) is 14.4.